The van der Waals surface area contributed by atoms with Crippen LogP contribution in [-0.4, -0.2) is 36.6 Å². The second kappa shape index (κ2) is 6.99. The summed E-state index contributed by atoms with van der Waals surface area (Å²) in [5.74, 6) is 1.60. The number of aromatic nitrogens is 1. The molecule has 2 aromatic heterocycles. The number of hydrogen-bond acceptors (Lipinski definition) is 3. The standard InChI is InChI=1S/C20H24N2OS/c1-23-16-4-5-20-18(13-16)19(14-21-20)15-6-9-22(10-7-15)11-8-17-3-2-12-24-17/h2-5,12-15,21H,6-11H2,1H3. The summed E-state index contributed by atoms with van der Waals surface area (Å²) in [5, 5.41) is 3.50. The number of benzene rings is 1. The van der Waals surface area contributed by atoms with Crippen LogP contribution >= 0.6 is 11.3 Å². The van der Waals surface area contributed by atoms with E-state index < -0.39 is 0 Å². The zero-order valence-corrected chi connectivity index (χ0v) is 14.9. The molecule has 1 N–H and O–H groups in total. The normalized spacial score (nSPS) is 16.7. The number of nitrogens with zero attached hydrogens (tertiary/aromatic N) is 1. The Hall–Kier alpha value is -1.78. The molecule has 0 bridgehead atoms. The van der Waals surface area contributed by atoms with Crippen molar-refractivity contribution in [2.75, 3.05) is 26.7 Å². The lowest BCUT2D eigenvalue weighted by atomic mass is 9.89. The van der Waals surface area contributed by atoms with Gasteiger partial charge < -0.3 is 14.6 Å². The fourth-order valence-electron chi connectivity index (χ4n) is 3.78. The number of methoxy groups -OCH3 is 1. The largest absolute Gasteiger partial charge is 0.497 e. The Balaban J connectivity index is 1.40. The SMILES string of the molecule is COc1ccc2[nH]cc(C3CCN(CCc4cccs4)CC3)c2c1. The van der Waals surface area contributed by atoms with Crippen molar-refractivity contribution in [3.63, 3.8) is 0 Å². The van der Waals surface area contributed by atoms with Crippen LogP contribution in [0.2, 0.25) is 0 Å². The summed E-state index contributed by atoms with van der Waals surface area (Å²) in [4.78, 5) is 7.54. The number of piperidine rings is 1. The monoisotopic (exact) mass is 340 g/mol. The van der Waals surface area contributed by atoms with Gasteiger partial charge in [0.2, 0.25) is 0 Å². The van der Waals surface area contributed by atoms with Crippen LogP contribution in [0.5, 0.6) is 5.75 Å². The number of aromatic amines is 1. The van der Waals surface area contributed by atoms with Crippen LogP contribution in [0.25, 0.3) is 10.9 Å². The van der Waals surface area contributed by atoms with Gasteiger partial charge in [-0.05, 0) is 73.5 Å². The Bertz CT molecular complexity index is 785. The molecule has 126 valence electrons. The maximum absolute atomic E-state index is 5.40. The van der Waals surface area contributed by atoms with E-state index >= 15 is 0 Å². The van der Waals surface area contributed by atoms with E-state index in [2.05, 4.69) is 45.7 Å². The number of nitrogens with one attached hydrogen (secondary N) is 1. The molecule has 1 aliphatic heterocycles. The van der Waals surface area contributed by atoms with Crippen LogP contribution in [0.1, 0.15) is 29.2 Å². The molecule has 4 heteroatoms. The van der Waals surface area contributed by atoms with Gasteiger partial charge in [-0.15, -0.1) is 11.3 Å². The third-order valence-electron chi connectivity index (χ3n) is 5.20. The first-order valence-corrected chi connectivity index (χ1v) is 9.61. The maximum atomic E-state index is 5.40. The summed E-state index contributed by atoms with van der Waals surface area (Å²) >= 11 is 1.87. The van der Waals surface area contributed by atoms with E-state index in [9.17, 15) is 0 Å². The number of thiophene rings is 1. The zero-order valence-electron chi connectivity index (χ0n) is 14.1. The predicted octanol–water partition coefficient (Wildman–Crippen LogP) is 4.66. The number of likely N-dealkylation sites (tertiary alicyclic amines) is 1. The molecule has 4 rings (SSSR count). The van der Waals surface area contributed by atoms with Crippen molar-refractivity contribution in [3.05, 3.63) is 52.3 Å². The summed E-state index contributed by atoms with van der Waals surface area (Å²) in [6.07, 6.45) is 5.88. The zero-order chi connectivity index (χ0) is 16.4. The topological polar surface area (TPSA) is 28.3 Å². The lowest BCUT2D eigenvalue weighted by Crippen LogP contribution is -2.34. The molecule has 1 fully saturated rings. The second-order valence-electron chi connectivity index (χ2n) is 6.60. The van der Waals surface area contributed by atoms with E-state index in [0.717, 1.165) is 5.75 Å². The van der Waals surface area contributed by atoms with Crippen molar-refractivity contribution in [2.24, 2.45) is 0 Å². The first-order valence-electron chi connectivity index (χ1n) is 8.73. The lowest BCUT2D eigenvalue weighted by Gasteiger charge is -2.31. The summed E-state index contributed by atoms with van der Waals surface area (Å²) in [7, 11) is 1.74. The fourth-order valence-corrected chi connectivity index (χ4v) is 4.47. The first-order chi connectivity index (χ1) is 11.8. The van der Waals surface area contributed by atoms with Gasteiger partial charge in [0.25, 0.3) is 0 Å². The minimum Gasteiger partial charge on any atom is -0.497 e. The summed E-state index contributed by atoms with van der Waals surface area (Å²) in [6, 6.07) is 10.7. The molecule has 3 nitrogen and oxygen atoms in total. The molecular formula is C20H24N2OS. The summed E-state index contributed by atoms with van der Waals surface area (Å²) in [5.41, 5.74) is 2.67. The highest BCUT2D eigenvalue weighted by Gasteiger charge is 2.22. The molecule has 1 saturated heterocycles. The van der Waals surface area contributed by atoms with Gasteiger partial charge in [-0.3, -0.25) is 0 Å². The second-order valence-corrected chi connectivity index (χ2v) is 7.63. The van der Waals surface area contributed by atoms with Crippen LogP contribution in [0.15, 0.2) is 41.9 Å². The van der Waals surface area contributed by atoms with Crippen molar-refractivity contribution in [1.82, 2.24) is 9.88 Å². The number of rotatable bonds is 5. The quantitative estimate of drug-likeness (QED) is 0.732. The minimum atomic E-state index is 0.656. The Kier molecular flexibility index (Phi) is 4.58. The molecule has 0 spiro atoms. The van der Waals surface area contributed by atoms with Gasteiger partial charge in [-0.2, -0.15) is 0 Å². The predicted molar refractivity (Wildman–Crippen MR) is 101 cm³/mol. The smallest absolute Gasteiger partial charge is 0.119 e. The average Bonchev–Trinajstić information content (AvgIpc) is 3.29. The highest BCUT2D eigenvalue weighted by molar-refractivity contribution is 7.09. The van der Waals surface area contributed by atoms with Crippen molar-refractivity contribution in [2.45, 2.75) is 25.2 Å². The molecule has 0 amide bonds. The van der Waals surface area contributed by atoms with Gasteiger partial charge >= 0.3 is 0 Å². The molecule has 1 aliphatic rings. The Morgan fingerprint density at radius 2 is 2.12 bits per heavy atom. The third-order valence-corrected chi connectivity index (χ3v) is 6.14. The molecule has 1 aromatic carbocycles. The Labute approximate surface area is 147 Å². The highest BCUT2D eigenvalue weighted by Crippen LogP contribution is 2.34. The van der Waals surface area contributed by atoms with Crippen molar-refractivity contribution >= 4 is 22.2 Å². The fraction of sp³-hybridized carbons (Fsp3) is 0.400. The number of H-pyrrole nitrogens is 1. The van der Waals surface area contributed by atoms with Crippen LogP contribution in [0.4, 0.5) is 0 Å². The summed E-state index contributed by atoms with van der Waals surface area (Å²) < 4.78 is 5.40. The maximum Gasteiger partial charge on any atom is 0.119 e. The van der Waals surface area contributed by atoms with E-state index in [1.165, 1.54) is 60.2 Å². The lowest BCUT2D eigenvalue weighted by molar-refractivity contribution is 0.215. The van der Waals surface area contributed by atoms with Crippen LogP contribution in [-0.2, 0) is 6.42 Å². The van der Waals surface area contributed by atoms with Gasteiger partial charge in [0.05, 0.1) is 7.11 Å². The minimum absolute atomic E-state index is 0.656. The molecule has 0 aliphatic carbocycles. The van der Waals surface area contributed by atoms with Gasteiger partial charge in [-0.1, -0.05) is 6.07 Å². The molecule has 0 atom stereocenters. The molecule has 0 saturated carbocycles. The van der Waals surface area contributed by atoms with Gasteiger partial charge in [0, 0.05) is 28.5 Å². The molecule has 3 aromatic rings. The Morgan fingerprint density at radius 1 is 1.25 bits per heavy atom. The molecule has 0 unspecified atom stereocenters. The molecular weight excluding hydrogens is 316 g/mol. The van der Waals surface area contributed by atoms with Gasteiger partial charge in [-0.25, -0.2) is 0 Å². The van der Waals surface area contributed by atoms with Crippen LogP contribution in [0, 0.1) is 0 Å². The average molecular weight is 340 g/mol. The van der Waals surface area contributed by atoms with Crippen molar-refractivity contribution < 1.29 is 4.74 Å². The van der Waals surface area contributed by atoms with Gasteiger partial charge in [0.1, 0.15) is 5.75 Å². The first kappa shape index (κ1) is 15.7. The van der Waals surface area contributed by atoms with E-state index in [0.29, 0.717) is 5.92 Å². The van der Waals surface area contributed by atoms with Crippen LogP contribution < -0.4 is 4.74 Å². The van der Waals surface area contributed by atoms with Crippen molar-refractivity contribution in [3.8, 4) is 5.75 Å². The van der Waals surface area contributed by atoms with Crippen molar-refractivity contribution in [1.29, 1.82) is 0 Å². The number of ether oxygens (including phenoxy) is 1. The highest BCUT2D eigenvalue weighted by atomic mass is 32.1. The molecule has 24 heavy (non-hydrogen) atoms. The molecule has 3 heterocycles. The van der Waals surface area contributed by atoms with Gasteiger partial charge in [0.15, 0.2) is 0 Å². The summed E-state index contributed by atoms with van der Waals surface area (Å²) in [6.45, 7) is 3.59. The Morgan fingerprint density at radius 3 is 2.88 bits per heavy atom. The third kappa shape index (κ3) is 3.21. The van der Waals surface area contributed by atoms with E-state index in [1.807, 2.05) is 17.4 Å². The number of hydrogen-bond donors (Lipinski definition) is 1. The van der Waals surface area contributed by atoms with E-state index in [-0.39, 0.29) is 0 Å². The van der Waals surface area contributed by atoms with Crippen LogP contribution in [0.3, 0.4) is 0 Å². The van der Waals surface area contributed by atoms with E-state index in [1.54, 1.807) is 7.11 Å². The van der Waals surface area contributed by atoms with E-state index in [4.69, 9.17) is 4.74 Å². The number of fused-ring (bicyclic) bond motifs is 1. The molecule has 0 radical (unpaired) electrons.